The highest BCUT2D eigenvalue weighted by Gasteiger charge is 2.04. The molecule has 1 aromatic carbocycles. The minimum Gasteiger partial charge on any atom is -0.844 e. The summed E-state index contributed by atoms with van der Waals surface area (Å²) in [6.45, 7) is 0. The molecule has 0 fully saturated rings. The van der Waals surface area contributed by atoms with Crippen molar-refractivity contribution in [3.8, 4) is 11.7 Å². The van der Waals surface area contributed by atoms with Crippen LogP contribution in [0.2, 0.25) is 0 Å². The Bertz CT molecular complexity index is 499. The number of rotatable bonds is 1. The summed E-state index contributed by atoms with van der Waals surface area (Å²) < 4.78 is 2.05. The molecule has 0 aliphatic heterocycles. The second-order valence-electron chi connectivity index (χ2n) is 2.86. The largest absolute Gasteiger partial charge is 0.844 e. The van der Waals surface area contributed by atoms with E-state index in [1.165, 1.54) is 7.05 Å². The van der Waals surface area contributed by atoms with Crippen LogP contribution in [0.4, 0.5) is 0 Å². The first-order valence-electron chi connectivity index (χ1n) is 4.08. The maximum atomic E-state index is 11.5. The Kier molecular flexibility index (Phi) is 1.85. The summed E-state index contributed by atoms with van der Waals surface area (Å²) in [7, 11) is 1.45. The predicted octanol–water partition coefficient (Wildman–Crippen LogP) is -0.355. The molecule has 0 radical (unpaired) electrons. The van der Waals surface area contributed by atoms with Gasteiger partial charge in [0, 0.05) is 7.05 Å². The number of aromatic nitrogens is 3. The van der Waals surface area contributed by atoms with Crippen molar-refractivity contribution in [3.05, 3.63) is 40.8 Å². The van der Waals surface area contributed by atoms with E-state index in [1.807, 2.05) is 6.07 Å². The molecule has 1 heterocycles. The van der Waals surface area contributed by atoms with Gasteiger partial charge in [0.15, 0.2) is 0 Å². The lowest BCUT2D eigenvalue weighted by Gasteiger charge is -2.06. The first-order valence-corrected chi connectivity index (χ1v) is 4.08. The number of para-hydroxylation sites is 1. The first kappa shape index (κ1) is 8.55. The van der Waals surface area contributed by atoms with Crippen molar-refractivity contribution in [2.45, 2.75) is 0 Å². The lowest BCUT2D eigenvalue weighted by molar-refractivity contribution is -0.284. The summed E-state index contributed by atoms with van der Waals surface area (Å²) in [6, 6.07) is 8.15. The molecule has 14 heavy (non-hydrogen) atoms. The molecule has 0 atom stereocenters. The van der Waals surface area contributed by atoms with Gasteiger partial charge in [-0.2, -0.15) is 5.10 Å². The zero-order chi connectivity index (χ0) is 10.1. The fourth-order valence-corrected chi connectivity index (χ4v) is 1.24. The molecular weight excluding hydrogens is 182 g/mol. The van der Waals surface area contributed by atoms with Gasteiger partial charge >= 0.3 is 5.69 Å². The van der Waals surface area contributed by atoms with E-state index in [0.29, 0.717) is 5.69 Å². The van der Waals surface area contributed by atoms with E-state index in [-0.39, 0.29) is 0 Å². The maximum absolute atomic E-state index is 11.5. The molecule has 0 aliphatic rings. The van der Waals surface area contributed by atoms with Gasteiger partial charge in [-0.15, -0.1) is 0 Å². The van der Waals surface area contributed by atoms with E-state index in [9.17, 15) is 9.90 Å². The van der Waals surface area contributed by atoms with Gasteiger partial charge in [-0.1, -0.05) is 18.2 Å². The van der Waals surface area contributed by atoms with E-state index in [1.54, 1.807) is 24.3 Å². The van der Waals surface area contributed by atoms with Gasteiger partial charge in [0.1, 0.15) is 0 Å². The predicted molar refractivity (Wildman–Crippen MR) is 48.3 cm³/mol. The van der Waals surface area contributed by atoms with Crippen LogP contribution < -0.4 is 10.8 Å². The third-order valence-electron chi connectivity index (χ3n) is 1.91. The summed E-state index contributed by atoms with van der Waals surface area (Å²) in [4.78, 5) is 11.5. The Morgan fingerprint density at radius 2 is 1.93 bits per heavy atom. The molecule has 2 aromatic rings. The van der Waals surface area contributed by atoms with Crippen molar-refractivity contribution in [2.75, 3.05) is 0 Å². The number of aryl methyl sites for hydroxylation is 1. The van der Waals surface area contributed by atoms with Crippen molar-refractivity contribution in [1.82, 2.24) is 14.3 Å². The Labute approximate surface area is 79.8 Å². The third-order valence-corrected chi connectivity index (χ3v) is 1.91. The molecule has 0 saturated carbocycles. The molecule has 0 aliphatic carbocycles. The van der Waals surface area contributed by atoms with Crippen molar-refractivity contribution >= 4 is 0 Å². The smallest absolute Gasteiger partial charge is 0.349 e. The van der Waals surface area contributed by atoms with Crippen molar-refractivity contribution < 1.29 is 5.11 Å². The van der Waals surface area contributed by atoms with E-state index in [2.05, 4.69) is 5.10 Å². The average molecular weight is 190 g/mol. The minimum atomic E-state index is -0.552. The van der Waals surface area contributed by atoms with Crippen LogP contribution in [-0.4, -0.2) is 14.3 Å². The van der Waals surface area contributed by atoms with E-state index < -0.39 is 11.7 Å². The van der Waals surface area contributed by atoms with Gasteiger partial charge in [-0.05, 0) is 12.1 Å². The summed E-state index contributed by atoms with van der Waals surface area (Å²) in [5, 5.41) is 14.8. The van der Waals surface area contributed by atoms with Gasteiger partial charge in [0.05, 0.1) is 11.7 Å². The second kappa shape index (κ2) is 3.02. The molecule has 0 bridgehead atoms. The Morgan fingerprint density at radius 3 is 2.43 bits per heavy atom. The standard InChI is InChI=1S/C9H9N3O2/c1-11-9(14)12(8(13)10-11)7-5-3-2-4-6-7/h2-6H,1H3,(H,10,13)/p-1. The van der Waals surface area contributed by atoms with Crippen LogP contribution in [0, 0.1) is 0 Å². The molecule has 72 valence electrons. The van der Waals surface area contributed by atoms with Gasteiger partial charge in [-0.25, -0.2) is 9.48 Å². The molecule has 5 heteroatoms. The summed E-state index contributed by atoms with van der Waals surface area (Å²) in [5.74, 6) is 0. The molecule has 0 amide bonds. The maximum Gasteiger partial charge on any atom is 0.349 e. The Hall–Kier alpha value is -2.04. The fraction of sp³-hybridized carbons (Fsp3) is 0.111. The third kappa shape index (κ3) is 1.19. The van der Waals surface area contributed by atoms with Crippen LogP contribution in [0.5, 0.6) is 6.01 Å². The van der Waals surface area contributed by atoms with Gasteiger partial charge in [0.2, 0.25) is 0 Å². The van der Waals surface area contributed by atoms with Crippen LogP contribution in [0.15, 0.2) is 35.1 Å². The van der Waals surface area contributed by atoms with Crippen LogP contribution in [0.3, 0.4) is 0 Å². The highest BCUT2D eigenvalue weighted by molar-refractivity contribution is 5.32. The van der Waals surface area contributed by atoms with Crippen LogP contribution >= 0.6 is 0 Å². The highest BCUT2D eigenvalue weighted by atomic mass is 16.3. The number of nitrogens with zero attached hydrogens (tertiary/aromatic N) is 3. The van der Waals surface area contributed by atoms with Crippen molar-refractivity contribution in [1.29, 1.82) is 0 Å². The van der Waals surface area contributed by atoms with E-state index in [0.717, 1.165) is 9.25 Å². The molecule has 0 N–H and O–H groups in total. The molecule has 5 nitrogen and oxygen atoms in total. The number of hydrogen-bond acceptors (Lipinski definition) is 3. The molecule has 0 unspecified atom stereocenters. The molecule has 0 spiro atoms. The fourth-order valence-electron chi connectivity index (χ4n) is 1.24. The Morgan fingerprint density at radius 1 is 1.29 bits per heavy atom. The summed E-state index contributed by atoms with van der Waals surface area (Å²) in [6.07, 6.45) is 0. The van der Waals surface area contributed by atoms with E-state index >= 15 is 0 Å². The highest BCUT2D eigenvalue weighted by Crippen LogP contribution is 2.07. The van der Waals surface area contributed by atoms with Crippen LogP contribution in [0.25, 0.3) is 5.69 Å². The molecule has 1 aromatic heterocycles. The quantitative estimate of drug-likeness (QED) is 0.617. The number of hydrogen-bond donors (Lipinski definition) is 0. The average Bonchev–Trinajstić information content (AvgIpc) is 2.43. The van der Waals surface area contributed by atoms with Gasteiger partial charge < -0.3 is 5.11 Å². The van der Waals surface area contributed by atoms with Crippen LogP contribution in [-0.2, 0) is 7.05 Å². The van der Waals surface area contributed by atoms with Crippen molar-refractivity contribution in [2.24, 2.45) is 7.05 Å². The second-order valence-corrected chi connectivity index (χ2v) is 2.86. The van der Waals surface area contributed by atoms with E-state index in [4.69, 9.17) is 0 Å². The first-order chi connectivity index (χ1) is 6.70. The van der Waals surface area contributed by atoms with Crippen molar-refractivity contribution in [3.63, 3.8) is 0 Å². The number of benzene rings is 1. The molecule has 0 saturated heterocycles. The Balaban J connectivity index is 2.69. The van der Waals surface area contributed by atoms with Gasteiger partial charge in [-0.3, -0.25) is 4.57 Å². The lowest BCUT2D eigenvalue weighted by atomic mass is 10.3. The molecular formula is C9H8N3O2-. The van der Waals surface area contributed by atoms with Crippen LogP contribution in [0.1, 0.15) is 0 Å². The summed E-state index contributed by atoms with van der Waals surface area (Å²) in [5.41, 5.74) is 0.108. The zero-order valence-corrected chi connectivity index (χ0v) is 7.54. The summed E-state index contributed by atoms with van der Waals surface area (Å²) >= 11 is 0. The SMILES string of the molecule is Cn1nc([O-])n(-c2ccccc2)c1=O. The topological polar surface area (TPSA) is 62.9 Å². The lowest BCUT2D eigenvalue weighted by Crippen LogP contribution is -2.21. The zero-order valence-electron chi connectivity index (χ0n) is 7.54. The molecule has 2 rings (SSSR count). The normalized spacial score (nSPS) is 10.4. The minimum absolute atomic E-state index is 0.429. The van der Waals surface area contributed by atoms with Gasteiger partial charge in [0.25, 0.3) is 0 Å². The monoisotopic (exact) mass is 190 g/mol.